The van der Waals surface area contributed by atoms with Gasteiger partial charge < -0.3 is 15.4 Å². The number of ether oxygens (including phenoxy) is 1. The highest BCUT2D eigenvalue weighted by Crippen LogP contribution is 2.40. The van der Waals surface area contributed by atoms with Crippen LogP contribution < -0.4 is 10.5 Å². The molecule has 0 unspecified atom stereocenters. The van der Waals surface area contributed by atoms with Gasteiger partial charge in [-0.3, -0.25) is 0 Å². The standard InChI is InChI=1S/C33H41N5O/c1-33(2)30(37-29-31(34)35-22-36-32(29)39-33)28-14-12-27(13-15-28)26-10-8-25(9-11-26)21-38-18-16-24(17-19-38)20-23-6-4-3-5-7-23/h3-7,12-15,22,24-26H,8-11,16-21H2,1-2H3,(H2,34,35,36). The summed E-state index contributed by atoms with van der Waals surface area (Å²) < 4.78 is 6.15. The van der Waals surface area contributed by atoms with Crippen molar-refractivity contribution >= 4 is 17.2 Å². The summed E-state index contributed by atoms with van der Waals surface area (Å²) >= 11 is 0. The molecule has 3 heterocycles. The first-order valence-electron chi connectivity index (χ1n) is 14.7. The third kappa shape index (κ3) is 5.86. The largest absolute Gasteiger partial charge is 0.463 e. The van der Waals surface area contributed by atoms with Gasteiger partial charge >= 0.3 is 0 Å². The van der Waals surface area contributed by atoms with E-state index < -0.39 is 5.60 Å². The fourth-order valence-corrected chi connectivity index (χ4v) is 6.78. The van der Waals surface area contributed by atoms with Gasteiger partial charge in [-0.25, -0.2) is 9.98 Å². The Balaban J connectivity index is 1.01. The molecule has 2 fully saturated rings. The van der Waals surface area contributed by atoms with Gasteiger partial charge in [0.15, 0.2) is 11.5 Å². The number of nitrogens with two attached hydrogens (primary N) is 1. The molecule has 3 aromatic rings. The fraction of sp³-hybridized carbons (Fsp3) is 0.485. The summed E-state index contributed by atoms with van der Waals surface area (Å²) in [5.41, 5.74) is 10.8. The van der Waals surface area contributed by atoms with Crippen LogP contribution in [0.2, 0.25) is 0 Å². The van der Waals surface area contributed by atoms with Crippen molar-refractivity contribution in [1.82, 2.24) is 14.9 Å². The Bertz CT molecular complexity index is 1290. The molecule has 204 valence electrons. The maximum atomic E-state index is 6.15. The lowest BCUT2D eigenvalue weighted by atomic mass is 9.78. The molecule has 2 aromatic carbocycles. The van der Waals surface area contributed by atoms with Gasteiger partial charge in [0, 0.05) is 12.1 Å². The number of fused-ring (bicyclic) bond motifs is 1. The van der Waals surface area contributed by atoms with Gasteiger partial charge in [0.2, 0.25) is 5.88 Å². The molecular formula is C33H41N5O. The summed E-state index contributed by atoms with van der Waals surface area (Å²) in [7, 11) is 0. The molecule has 2 N–H and O–H groups in total. The van der Waals surface area contributed by atoms with Crippen molar-refractivity contribution in [1.29, 1.82) is 0 Å². The van der Waals surface area contributed by atoms with Crippen molar-refractivity contribution in [3.8, 4) is 5.88 Å². The Hall–Kier alpha value is -3.25. The van der Waals surface area contributed by atoms with Crippen LogP contribution in [0, 0.1) is 11.8 Å². The van der Waals surface area contributed by atoms with Crippen molar-refractivity contribution in [2.24, 2.45) is 16.8 Å². The third-order valence-electron chi connectivity index (χ3n) is 9.06. The highest BCUT2D eigenvalue weighted by Gasteiger charge is 2.35. The summed E-state index contributed by atoms with van der Waals surface area (Å²) in [5.74, 6) is 3.13. The molecule has 0 spiro atoms. The van der Waals surface area contributed by atoms with Crippen LogP contribution >= 0.6 is 0 Å². The minimum Gasteiger partial charge on any atom is -0.463 e. The van der Waals surface area contributed by atoms with Crippen LogP contribution in [0.4, 0.5) is 11.5 Å². The number of rotatable bonds is 6. The number of nitrogens with zero attached hydrogens (tertiary/aromatic N) is 4. The molecule has 0 bridgehead atoms. The Labute approximate surface area is 232 Å². The summed E-state index contributed by atoms with van der Waals surface area (Å²) in [6, 6.07) is 20.0. The highest BCUT2D eigenvalue weighted by atomic mass is 16.5. The Morgan fingerprint density at radius 1 is 0.872 bits per heavy atom. The highest BCUT2D eigenvalue weighted by molar-refractivity contribution is 6.09. The number of hydrogen-bond acceptors (Lipinski definition) is 6. The van der Waals surface area contributed by atoms with Gasteiger partial charge in [0.1, 0.15) is 11.9 Å². The van der Waals surface area contributed by atoms with Crippen molar-refractivity contribution in [3.05, 3.63) is 77.6 Å². The lowest BCUT2D eigenvalue weighted by Crippen LogP contribution is -2.41. The zero-order valence-electron chi connectivity index (χ0n) is 23.4. The quantitative estimate of drug-likeness (QED) is 0.395. The second-order valence-corrected chi connectivity index (χ2v) is 12.3. The van der Waals surface area contributed by atoms with Crippen LogP contribution in [-0.2, 0) is 6.42 Å². The second-order valence-electron chi connectivity index (χ2n) is 12.3. The van der Waals surface area contributed by atoms with Gasteiger partial charge in [0.25, 0.3) is 0 Å². The lowest BCUT2D eigenvalue weighted by molar-refractivity contribution is 0.142. The molecule has 0 atom stereocenters. The molecule has 6 heteroatoms. The number of benzene rings is 2. The summed E-state index contributed by atoms with van der Waals surface area (Å²) in [5, 5.41) is 0. The molecule has 1 aromatic heterocycles. The van der Waals surface area contributed by atoms with Gasteiger partial charge in [-0.2, -0.15) is 4.98 Å². The van der Waals surface area contributed by atoms with Gasteiger partial charge in [-0.1, -0.05) is 54.6 Å². The van der Waals surface area contributed by atoms with E-state index in [1.807, 2.05) is 13.8 Å². The van der Waals surface area contributed by atoms with E-state index in [-0.39, 0.29) is 0 Å². The van der Waals surface area contributed by atoms with Crippen molar-refractivity contribution in [2.45, 2.75) is 70.3 Å². The number of aliphatic imine (C=N–C) groups is 1. The van der Waals surface area contributed by atoms with Crippen LogP contribution in [0.25, 0.3) is 0 Å². The number of aromatic nitrogens is 2. The van der Waals surface area contributed by atoms with Crippen molar-refractivity contribution < 1.29 is 4.74 Å². The van der Waals surface area contributed by atoms with E-state index in [0.29, 0.717) is 23.3 Å². The third-order valence-corrected chi connectivity index (χ3v) is 9.06. The molecule has 1 saturated carbocycles. The van der Waals surface area contributed by atoms with Crippen LogP contribution in [0.15, 0.2) is 65.9 Å². The second kappa shape index (κ2) is 11.1. The van der Waals surface area contributed by atoms with Crippen LogP contribution in [0.1, 0.15) is 75.0 Å². The smallest absolute Gasteiger partial charge is 0.246 e. The van der Waals surface area contributed by atoms with E-state index in [4.69, 9.17) is 15.5 Å². The number of likely N-dealkylation sites (tertiary alicyclic amines) is 1. The molecule has 1 aliphatic carbocycles. The SMILES string of the molecule is CC1(C)Oc2ncnc(N)c2N=C1c1ccc(C2CCC(CN3CCC(Cc4ccccc4)CC3)CC2)cc1. The molecular weight excluding hydrogens is 482 g/mol. The molecule has 0 radical (unpaired) electrons. The number of piperidine rings is 1. The Morgan fingerprint density at radius 3 is 2.31 bits per heavy atom. The van der Waals surface area contributed by atoms with E-state index >= 15 is 0 Å². The number of hydrogen-bond donors (Lipinski definition) is 1. The lowest BCUT2D eigenvalue weighted by Gasteiger charge is -2.37. The predicted molar refractivity (Wildman–Crippen MR) is 158 cm³/mol. The number of anilines is 1. The topological polar surface area (TPSA) is 76.6 Å². The van der Waals surface area contributed by atoms with Crippen LogP contribution in [0.3, 0.4) is 0 Å². The van der Waals surface area contributed by atoms with E-state index in [2.05, 4.69) is 69.5 Å². The van der Waals surface area contributed by atoms with Crippen LogP contribution in [-0.4, -0.2) is 45.8 Å². The normalized spacial score (nSPS) is 23.5. The molecule has 39 heavy (non-hydrogen) atoms. The first-order chi connectivity index (χ1) is 18.9. The average Bonchev–Trinajstić information content (AvgIpc) is 2.95. The molecule has 6 rings (SSSR count). The average molecular weight is 524 g/mol. The van der Waals surface area contributed by atoms with E-state index in [9.17, 15) is 0 Å². The van der Waals surface area contributed by atoms with Gasteiger partial charge in [-0.05, 0) is 101 Å². The maximum absolute atomic E-state index is 6.15. The Morgan fingerprint density at radius 2 is 1.59 bits per heavy atom. The van der Waals surface area contributed by atoms with Gasteiger partial charge in [-0.15, -0.1) is 0 Å². The first kappa shape index (κ1) is 26.0. The molecule has 2 aliphatic heterocycles. The number of nitrogen functional groups attached to an aromatic ring is 1. The maximum Gasteiger partial charge on any atom is 0.246 e. The molecule has 3 aliphatic rings. The summed E-state index contributed by atoms with van der Waals surface area (Å²) in [6.45, 7) is 7.87. The zero-order chi connectivity index (χ0) is 26.8. The molecule has 6 nitrogen and oxygen atoms in total. The molecule has 1 saturated heterocycles. The monoisotopic (exact) mass is 523 g/mol. The van der Waals surface area contributed by atoms with Crippen LogP contribution in [0.5, 0.6) is 5.88 Å². The summed E-state index contributed by atoms with van der Waals surface area (Å²) in [6.07, 6.45) is 10.6. The van der Waals surface area contributed by atoms with Crippen molar-refractivity contribution in [2.75, 3.05) is 25.4 Å². The van der Waals surface area contributed by atoms with E-state index in [1.54, 1.807) is 0 Å². The minimum atomic E-state index is -0.594. The summed E-state index contributed by atoms with van der Waals surface area (Å²) in [4.78, 5) is 15.9. The predicted octanol–water partition coefficient (Wildman–Crippen LogP) is 6.58. The minimum absolute atomic E-state index is 0.345. The van der Waals surface area contributed by atoms with Gasteiger partial charge in [0.05, 0.1) is 5.71 Å². The fourth-order valence-electron chi connectivity index (χ4n) is 6.78. The van der Waals surface area contributed by atoms with Crippen molar-refractivity contribution in [3.63, 3.8) is 0 Å². The van der Waals surface area contributed by atoms with E-state index in [0.717, 1.165) is 23.1 Å². The zero-order valence-corrected chi connectivity index (χ0v) is 23.4. The first-order valence-corrected chi connectivity index (χ1v) is 14.7. The molecule has 0 amide bonds. The Kier molecular flexibility index (Phi) is 7.39. The van der Waals surface area contributed by atoms with E-state index in [1.165, 1.54) is 82.0 Å².